The topological polar surface area (TPSA) is 73.6 Å². The molecule has 0 aromatic rings. The zero-order valence-electron chi connectivity index (χ0n) is 9.93. The normalized spacial score (nSPS) is 22.7. The van der Waals surface area contributed by atoms with Gasteiger partial charge in [0.05, 0.1) is 12.1 Å². The summed E-state index contributed by atoms with van der Waals surface area (Å²) in [6.07, 6.45) is -0.143. The lowest BCUT2D eigenvalue weighted by atomic mass is 10.1. The van der Waals surface area contributed by atoms with Gasteiger partial charge in [0, 0.05) is 6.54 Å². The summed E-state index contributed by atoms with van der Waals surface area (Å²) in [5.74, 6) is 0. The summed E-state index contributed by atoms with van der Waals surface area (Å²) >= 11 is 0. The molecule has 5 heteroatoms. The van der Waals surface area contributed by atoms with Crippen LogP contribution in [0.1, 0.15) is 33.6 Å². The number of hydrogen-bond acceptors (Lipinski definition) is 4. The highest BCUT2D eigenvalue weighted by Gasteiger charge is 2.36. The Morgan fingerprint density at radius 1 is 1.62 bits per heavy atom. The van der Waals surface area contributed by atoms with Crippen LogP contribution in [-0.4, -0.2) is 40.4 Å². The molecule has 1 unspecified atom stereocenters. The van der Waals surface area contributed by atoms with Crippen molar-refractivity contribution in [3.63, 3.8) is 0 Å². The molecule has 0 spiro atoms. The minimum Gasteiger partial charge on any atom is -0.444 e. The molecule has 0 aliphatic carbocycles. The Hall–Kier alpha value is -1.28. The molecule has 0 aromatic heterocycles. The maximum absolute atomic E-state index is 11.8. The lowest BCUT2D eigenvalue weighted by Crippen LogP contribution is -2.44. The third kappa shape index (κ3) is 3.11. The Morgan fingerprint density at radius 2 is 2.25 bits per heavy atom. The number of carbonyl (C=O) groups excluding carboxylic acids is 1. The van der Waals surface area contributed by atoms with Gasteiger partial charge < -0.3 is 14.7 Å². The Balaban J connectivity index is 2.65. The number of amides is 1. The molecule has 1 aliphatic rings. The van der Waals surface area contributed by atoms with E-state index < -0.39 is 23.8 Å². The molecule has 1 fully saturated rings. The fourth-order valence-electron chi connectivity index (χ4n) is 1.75. The Morgan fingerprint density at radius 3 is 2.75 bits per heavy atom. The first-order valence-electron chi connectivity index (χ1n) is 5.42. The van der Waals surface area contributed by atoms with Crippen molar-refractivity contribution in [3.05, 3.63) is 0 Å². The van der Waals surface area contributed by atoms with Gasteiger partial charge in [-0.15, -0.1) is 0 Å². The average molecular weight is 226 g/mol. The second-order valence-corrected chi connectivity index (χ2v) is 4.96. The van der Waals surface area contributed by atoms with Crippen molar-refractivity contribution in [2.75, 3.05) is 6.54 Å². The van der Waals surface area contributed by atoms with Gasteiger partial charge in [0.1, 0.15) is 5.60 Å². The van der Waals surface area contributed by atoms with E-state index in [1.165, 1.54) is 4.90 Å². The molecule has 90 valence electrons. The molecule has 0 aromatic carbocycles. The highest BCUT2D eigenvalue weighted by molar-refractivity contribution is 5.69. The minimum absolute atomic E-state index is 0.431. The molecule has 1 N–H and O–H groups in total. The summed E-state index contributed by atoms with van der Waals surface area (Å²) in [4.78, 5) is 13.2. The second kappa shape index (κ2) is 4.71. The van der Waals surface area contributed by atoms with Gasteiger partial charge in [0.25, 0.3) is 0 Å². The first-order valence-corrected chi connectivity index (χ1v) is 5.42. The Kier molecular flexibility index (Phi) is 3.76. The van der Waals surface area contributed by atoms with Crippen molar-refractivity contribution in [1.29, 1.82) is 5.26 Å². The second-order valence-electron chi connectivity index (χ2n) is 4.96. The summed E-state index contributed by atoms with van der Waals surface area (Å²) in [5.41, 5.74) is -0.554. The summed E-state index contributed by atoms with van der Waals surface area (Å²) in [6.45, 7) is 5.91. The van der Waals surface area contributed by atoms with Crippen molar-refractivity contribution in [2.24, 2.45) is 0 Å². The van der Waals surface area contributed by atoms with Crippen LogP contribution >= 0.6 is 0 Å². The summed E-state index contributed by atoms with van der Waals surface area (Å²) in [5, 5.41) is 18.1. The molecule has 16 heavy (non-hydrogen) atoms. The van der Waals surface area contributed by atoms with Crippen molar-refractivity contribution < 1.29 is 14.6 Å². The predicted molar refractivity (Wildman–Crippen MR) is 57.6 cm³/mol. The number of ether oxygens (including phenoxy) is 1. The van der Waals surface area contributed by atoms with Crippen molar-refractivity contribution >= 4 is 6.09 Å². The van der Waals surface area contributed by atoms with E-state index in [2.05, 4.69) is 0 Å². The van der Waals surface area contributed by atoms with Crippen molar-refractivity contribution in [2.45, 2.75) is 51.4 Å². The summed E-state index contributed by atoms with van der Waals surface area (Å²) in [7, 11) is 0. The molecule has 2 atom stereocenters. The lowest BCUT2D eigenvalue weighted by Gasteiger charge is -2.29. The molecule has 0 bridgehead atoms. The monoisotopic (exact) mass is 226 g/mol. The zero-order valence-corrected chi connectivity index (χ0v) is 9.93. The smallest absolute Gasteiger partial charge is 0.410 e. The quantitative estimate of drug-likeness (QED) is 0.683. The first-order chi connectivity index (χ1) is 7.35. The molecule has 1 saturated heterocycles. The maximum atomic E-state index is 11.8. The fraction of sp³-hybridized carbons (Fsp3) is 0.818. The Bertz CT molecular complexity index is 303. The molecule has 1 rings (SSSR count). The van der Waals surface area contributed by atoms with E-state index in [1.807, 2.05) is 0 Å². The molecule has 1 amide bonds. The van der Waals surface area contributed by atoms with Crippen LogP contribution in [-0.2, 0) is 4.74 Å². The molecular weight excluding hydrogens is 208 g/mol. The van der Waals surface area contributed by atoms with Gasteiger partial charge in [-0.1, -0.05) is 0 Å². The number of likely N-dealkylation sites (tertiary alicyclic amines) is 1. The van der Waals surface area contributed by atoms with Crippen LogP contribution in [0, 0.1) is 11.3 Å². The summed E-state index contributed by atoms with van der Waals surface area (Å²) in [6, 6.07) is 1.33. The van der Waals surface area contributed by atoms with Crippen LogP contribution in [0.4, 0.5) is 4.79 Å². The predicted octanol–water partition coefficient (Wildman–Crippen LogP) is 1.27. The summed E-state index contributed by atoms with van der Waals surface area (Å²) < 4.78 is 5.21. The maximum Gasteiger partial charge on any atom is 0.410 e. The van der Waals surface area contributed by atoms with E-state index in [-0.39, 0.29) is 0 Å². The van der Waals surface area contributed by atoms with E-state index in [0.29, 0.717) is 13.0 Å². The van der Waals surface area contributed by atoms with Crippen molar-refractivity contribution in [1.82, 2.24) is 4.90 Å². The van der Waals surface area contributed by atoms with E-state index in [9.17, 15) is 9.90 Å². The Labute approximate surface area is 95.6 Å². The molecular formula is C11H18N2O3. The number of rotatable bonds is 1. The van der Waals surface area contributed by atoms with Gasteiger partial charge >= 0.3 is 6.09 Å². The van der Waals surface area contributed by atoms with Crippen LogP contribution in [0.3, 0.4) is 0 Å². The standard InChI is InChI=1S/C11H18N2O3/c1-11(2,3)16-10(15)13-6-4-5-8(13)9(14)7-12/h8-9,14H,4-6H2,1-3H3/t8?,9-/m0/s1. The zero-order chi connectivity index (χ0) is 12.3. The highest BCUT2D eigenvalue weighted by Crippen LogP contribution is 2.22. The number of nitriles is 1. The van der Waals surface area contributed by atoms with Gasteiger partial charge in [-0.25, -0.2) is 4.79 Å². The third-order valence-corrected chi connectivity index (χ3v) is 2.42. The van der Waals surface area contributed by atoms with Gasteiger partial charge in [-0.2, -0.15) is 5.26 Å². The number of aliphatic hydroxyl groups is 1. The average Bonchev–Trinajstić information content (AvgIpc) is 2.62. The first kappa shape index (κ1) is 12.8. The SMILES string of the molecule is CC(C)(C)OC(=O)N1CCCC1[C@@H](O)C#N. The number of aliphatic hydroxyl groups excluding tert-OH is 1. The molecule has 5 nitrogen and oxygen atoms in total. The molecule has 0 saturated carbocycles. The third-order valence-electron chi connectivity index (χ3n) is 2.42. The molecule has 0 radical (unpaired) electrons. The molecule has 1 aliphatic heterocycles. The van der Waals surface area contributed by atoms with Gasteiger partial charge in [-0.3, -0.25) is 0 Å². The van der Waals surface area contributed by atoms with Crippen molar-refractivity contribution in [3.8, 4) is 6.07 Å². The fourth-order valence-corrected chi connectivity index (χ4v) is 1.75. The van der Waals surface area contributed by atoms with E-state index in [0.717, 1.165) is 6.42 Å². The van der Waals surface area contributed by atoms with Crippen LogP contribution in [0.2, 0.25) is 0 Å². The van der Waals surface area contributed by atoms with Gasteiger partial charge in [0.2, 0.25) is 0 Å². The van der Waals surface area contributed by atoms with Crippen LogP contribution in [0.15, 0.2) is 0 Å². The lowest BCUT2D eigenvalue weighted by molar-refractivity contribution is 0.0122. The van der Waals surface area contributed by atoms with E-state index >= 15 is 0 Å². The van der Waals surface area contributed by atoms with Crippen LogP contribution in [0.25, 0.3) is 0 Å². The molecule has 1 heterocycles. The largest absolute Gasteiger partial charge is 0.444 e. The number of carbonyl (C=O) groups is 1. The minimum atomic E-state index is -1.13. The van der Waals surface area contributed by atoms with Crippen LogP contribution in [0.5, 0.6) is 0 Å². The number of nitrogens with zero attached hydrogens (tertiary/aromatic N) is 2. The number of hydrogen-bond donors (Lipinski definition) is 1. The van der Waals surface area contributed by atoms with Gasteiger partial charge in [-0.05, 0) is 33.6 Å². The van der Waals surface area contributed by atoms with Gasteiger partial charge in [0.15, 0.2) is 6.10 Å². The van der Waals surface area contributed by atoms with Crippen LogP contribution < -0.4 is 0 Å². The van der Waals surface area contributed by atoms with E-state index in [4.69, 9.17) is 10.00 Å². The van der Waals surface area contributed by atoms with E-state index in [1.54, 1.807) is 26.8 Å². The highest BCUT2D eigenvalue weighted by atomic mass is 16.6.